The number of rotatable bonds is 4. The maximum absolute atomic E-state index is 13.0. The predicted molar refractivity (Wildman–Crippen MR) is 111 cm³/mol. The van der Waals surface area contributed by atoms with Crippen LogP contribution < -0.4 is 5.32 Å². The summed E-state index contributed by atoms with van der Waals surface area (Å²) in [5.74, 6) is -1.40. The van der Waals surface area contributed by atoms with Gasteiger partial charge in [0.05, 0.1) is 28.2 Å². The monoisotopic (exact) mass is 444 g/mol. The van der Waals surface area contributed by atoms with Crippen molar-refractivity contribution >= 4 is 34.4 Å². The Morgan fingerprint density at radius 1 is 1.09 bits per heavy atom. The quantitative estimate of drug-likeness (QED) is 0.625. The number of nitrogens with zero attached hydrogens (tertiary/aromatic N) is 3. The zero-order valence-corrected chi connectivity index (χ0v) is 17.0. The van der Waals surface area contributed by atoms with Crippen LogP contribution in [0.25, 0.3) is 11.0 Å². The summed E-state index contributed by atoms with van der Waals surface area (Å²) in [7, 11) is 0. The first kappa shape index (κ1) is 21.5. The lowest BCUT2D eigenvalue weighted by atomic mass is 10.1. The second-order valence-corrected chi connectivity index (χ2v) is 7.64. The summed E-state index contributed by atoms with van der Waals surface area (Å²) >= 11 is 0. The van der Waals surface area contributed by atoms with Gasteiger partial charge < -0.3 is 15.3 Å². The number of fused-ring (bicyclic) bond motifs is 1. The van der Waals surface area contributed by atoms with Gasteiger partial charge in [-0.2, -0.15) is 13.2 Å². The van der Waals surface area contributed by atoms with E-state index < -0.39 is 23.6 Å². The Balaban J connectivity index is 1.52. The Morgan fingerprint density at radius 2 is 1.81 bits per heavy atom. The molecule has 0 radical (unpaired) electrons. The molecule has 1 unspecified atom stereocenters. The Kier molecular flexibility index (Phi) is 5.45. The van der Waals surface area contributed by atoms with Crippen LogP contribution in [0.1, 0.15) is 28.0 Å². The van der Waals surface area contributed by atoms with Gasteiger partial charge in [-0.15, -0.1) is 0 Å². The molecule has 2 N–H and O–H groups in total. The van der Waals surface area contributed by atoms with Crippen LogP contribution >= 0.6 is 0 Å². The van der Waals surface area contributed by atoms with E-state index in [9.17, 15) is 22.8 Å². The number of benzene rings is 2. The third-order valence-corrected chi connectivity index (χ3v) is 5.39. The second-order valence-electron chi connectivity index (χ2n) is 7.64. The Hall–Kier alpha value is -3.69. The van der Waals surface area contributed by atoms with Crippen LogP contribution in [0, 0.1) is 12.8 Å². The van der Waals surface area contributed by atoms with Gasteiger partial charge in [0.2, 0.25) is 0 Å². The molecule has 4 rings (SSSR count). The lowest BCUT2D eigenvalue weighted by Crippen LogP contribution is -2.29. The molecule has 0 spiro atoms. The van der Waals surface area contributed by atoms with E-state index in [0.29, 0.717) is 41.2 Å². The van der Waals surface area contributed by atoms with Crippen LogP contribution in [-0.4, -0.2) is 44.9 Å². The fraction of sp³-hybridized carbons (Fsp3) is 0.273. The molecule has 1 aliphatic rings. The second kappa shape index (κ2) is 8.10. The highest BCUT2D eigenvalue weighted by atomic mass is 19.4. The van der Waals surface area contributed by atoms with Gasteiger partial charge in [0.1, 0.15) is 0 Å². The summed E-state index contributed by atoms with van der Waals surface area (Å²) in [6.07, 6.45) is -4.05. The number of carbonyl (C=O) groups is 2. The van der Waals surface area contributed by atoms with Crippen LogP contribution in [-0.2, 0) is 11.0 Å². The molecule has 1 atom stereocenters. The molecular formula is C22H19F3N4O3. The molecule has 10 heteroatoms. The number of carboxylic acids is 1. The van der Waals surface area contributed by atoms with Crippen molar-refractivity contribution in [2.75, 3.05) is 18.4 Å². The molecule has 1 saturated heterocycles. The number of hydrogen-bond donors (Lipinski definition) is 2. The molecule has 2 heterocycles. The van der Waals surface area contributed by atoms with Crippen molar-refractivity contribution in [3.8, 4) is 0 Å². The van der Waals surface area contributed by atoms with E-state index in [-0.39, 0.29) is 18.0 Å². The number of aromatic nitrogens is 2. The van der Waals surface area contributed by atoms with Gasteiger partial charge in [0, 0.05) is 24.3 Å². The molecule has 0 bridgehead atoms. The van der Waals surface area contributed by atoms with Gasteiger partial charge in [0.25, 0.3) is 5.91 Å². The van der Waals surface area contributed by atoms with Crippen LogP contribution in [0.2, 0.25) is 0 Å². The maximum Gasteiger partial charge on any atom is 0.416 e. The molecule has 2 aromatic carbocycles. The number of alkyl halides is 3. The number of likely N-dealkylation sites (tertiary alicyclic amines) is 1. The largest absolute Gasteiger partial charge is 0.481 e. The zero-order valence-electron chi connectivity index (χ0n) is 17.0. The van der Waals surface area contributed by atoms with Crippen molar-refractivity contribution in [1.82, 2.24) is 14.9 Å². The third-order valence-electron chi connectivity index (χ3n) is 5.39. The number of amides is 1. The minimum Gasteiger partial charge on any atom is -0.481 e. The normalized spacial score (nSPS) is 16.4. The van der Waals surface area contributed by atoms with Crippen LogP contribution in [0.3, 0.4) is 0 Å². The first-order valence-electron chi connectivity index (χ1n) is 9.86. The summed E-state index contributed by atoms with van der Waals surface area (Å²) < 4.78 is 39.0. The summed E-state index contributed by atoms with van der Waals surface area (Å²) in [5.41, 5.74) is 1.17. The van der Waals surface area contributed by atoms with Gasteiger partial charge >= 0.3 is 12.1 Å². The first-order valence-corrected chi connectivity index (χ1v) is 9.86. The predicted octanol–water partition coefficient (Wildman–Crippen LogP) is 4.25. The van der Waals surface area contributed by atoms with Crippen molar-refractivity contribution in [1.29, 1.82) is 0 Å². The van der Waals surface area contributed by atoms with Gasteiger partial charge in [0.15, 0.2) is 5.82 Å². The number of anilines is 2. The number of aliphatic carboxylic acids is 1. The van der Waals surface area contributed by atoms with Gasteiger partial charge in [-0.3, -0.25) is 9.59 Å². The SMILES string of the molecule is Cc1nc2ccc(C(F)(F)F)cc2nc1Nc1ccc(C(=O)N2CCC(C(=O)O)C2)cc1. The molecule has 1 amide bonds. The molecule has 166 valence electrons. The highest BCUT2D eigenvalue weighted by Gasteiger charge is 2.32. The van der Waals surface area contributed by atoms with Crippen molar-refractivity contribution in [3.63, 3.8) is 0 Å². The molecule has 0 saturated carbocycles. The number of halogens is 3. The lowest BCUT2D eigenvalue weighted by Gasteiger charge is -2.16. The zero-order chi connectivity index (χ0) is 23.0. The highest BCUT2D eigenvalue weighted by molar-refractivity contribution is 5.95. The summed E-state index contributed by atoms with van der Waals surface area (Å²) in [5, 5.41) is 12.1. The lowest BCUT2D eigenvalue weighted by molar-refractivity contribution is -0.141. The van der Waals surface area contributed by atoms with Gasteiger partial charge in [-0.05, 0) is 55.8 Å². The van der Waals surface area contributed by atoms with Crippen molar-refractivity contribution < 1.29 is 27.9 Å². The van der Waals surface area contributed by atoms with E-state index in [1.54, 1.807) is 31.2 Å². The van der Waals surface area contributed by atoms with E-state index in [4.69, 9.17) is 5.11 Å². The fourth-order valence-electron chi connectivity index (χ4n) is 3.60. The topological polar surface area (TPSA) is 95.4 Å². The summed E-state index contributed by atoms with van der Waals surface area (Å²) in [4.78, 5) is 33.8. The first-order chi connectivity index (χ1) is 15.1. The third kappa shape index (κ3) is 4.34. The molecule has 7 nitrogen and oxygen atoms in total. The molecule has 32 heavy (non-hydrogen) atoms. The number of nitrogens with one attached hydrogen (secondary N) is 1. The Bertz CT molecular complexity index is 1200. The number of aryl methyl sites for hydroxylation is 1. The van der Waals surface area contributed by atoms with E-state index in [1.165, 1.54) is 11.0 Å². The van der Waals surface area contributed by atoms with E-state index in [0.717, 1.165) is 12.1 Å². The highest BCUT2D eigenvalue weighted by Crippen LogP contribution is 2.31. The molecule has 1 aliphatic heterocycles. The van der Waals surface area contributed by atoms with Crippen molar-refractivity contribution in [3.05, 3.63) is 59.3 Å². The smallest absolute Gasteiger partial charge is 0.416 e. The summed E-state index contributed by atoms with van der Waals surface area (Å²) in [6, 6.07) is 9.71. The van der Waals surface area contributed by atoms with Crippen molar-refractivity contribution in [2.24, 2.45) is 5.92 Å². The molecule has 3 aromatic rings. The van der Waals surface area contributed by atoms with Gasteiger partial charge in [-0.1, -0.05) is 0 Å². The minimum absolute atomic E-state index is 0.113. The molecule has 1 fully saturated rings. The van der Waals surface area contributed by atoms with E-state index in [2.05, 4.69) is 15.3 Å². The maximum atomic E-state index is 13.0. The van der Waals surface area contributed by atoms with Crippen LogP contribution in [0.15, 0.2) is 42.5 Å². The fourth-order valence-corrected chi connectivity index (χ4v) is 3.60. The average Bonchev–Trinajstić information content (AvgIpc) is 3.24. The van der Waals surface area contributed by atoms with Crippen molar-refractivity contribution in [2.45, 2.75) is 19.5 Å². The van der Waals surface area contributed by atoms with Gasteiger partial charge in [-0.25, -0.2) is 9.97 Å². The van der Waals surface area contributed by atoms with Crippen LogP contribution in [0.5, 0.6) is 0 Å². The van der Waals surface area contributed by atoms with E-state index >= 15 is 0 Å². The minimum atomic E-state index is -4.48. The summed E-state index contributed by atoms with van der Waals surface area (Å²) in [6.45, 7) is 2.26. The molecule has 1 aromatic heterocycles. The molecule has 0 aliphatic carbocycles. The number of carbonyl (C=O) groups excluding carboxylic acids is 1. The average molecular weight is 444 g/mol. The van der Waals surface area contributed by atoms with Crippen LogP contribution in [0.4, 0.5) is 24.7 Å². The van der Waals surface area contributed by atoms with E-state index in [1.807, 2.05) is 0 Å². The Morgan fingerprint density at radius 3 is 2.44 bits per heavy atom. The standard InChI is InChI=1S/C22H19F3N4O3/c1-12-19(28-18-10-15(22(23,24)25)4-7-17(18)26-12)27-16-5-2-13(3-6-16)20(30)29-9-8-14(11-29)21(31)32/h2-7,10,14H,8-9,11H2,1H3,(H,27,28)(H,31,32). The molecular weight excluding hydrogens is 425 g/mol. The number of carboxylic acid groups (broad SMARTS) is 1. The Labute approximate surface area is 180 Å². The number of hydrogen-bond acceptors (Lipinski definition) is 5.